The van der Waals surface area contributed by atoms with E-state index in [-0.39, 0.29) is 42.3 Å². The summed E-state index contributed by atoms with van der Waals surface area (Å²) in [5.41, 5.74) is 9.35. The molecule has 340 valence electrons. The van der Waals surface area contributed by atoms with Gasteiger partial charge in [0.25, 0.3) is 5.56 Å². The number of benzene rings is 3. The normalized spacial score (nSPS) is 19.4. The topological polar surface area (TPSA) is 151 Å². The second-order valence-corrected chi connectivity index (χ2v) is 20.3. The monoisotopic (exact) mass is 915 g/mol. The number of rotatable bonds is 13. The Hall–Kier alpha value is -5.28. The highest BCUT2D eigenvalue weighted by molar-refractivity contribution is 7.13. The van der Waals surface area contributed by atoms with Crippen LogP contribution in [0.2, 0.25) is 5.02 Å². The highest BCUT2D eigenvalue weighted by Crippen LogP contribution is 2.45. The molecular formula is C50H58ClN9O4S. The second-order valence-electron chi connectivity index (χ2n) is 19.1. The van der Waals surface area contributed by atoms with E-state index in [2.05, 4.69) is 67.1 Å². The van der Waals surface area contributed by atoms with Crippen molar-refractivity contribution in [3.8, 4) is 16.1 Å². The summed E-state index contributed by atoms with van der Waals surface area (Å²) in [5, 5.41) is 23.6. The van der Waals surface area contributed by atoms with Crippen molar-refractivity contribution in [3.63, 3.8) is 0 Å². The third kappa shape index (κ3) is 8.66. The molecule has 0 aliphatic carbocycles. The number of carbonyl (C=O) groups excluding carboxylic acids is 2. The summed E-state index contributed by atoms with van der Waals surface area (Å²) < 4.78 is 3.79. The van der Waals surface area contributed by atoms with E-state index in [0.717, 1.165) is 102 Å². The van der Waals surface area contributed by atoms with E-state index in [1.807, 2.05) is 75.8 Å². The zero-order valence-electron chi connectivity index (χ0n) is 38.0. The number of amides is 2. The van der Waals surface area contributed by atoms with Gasteiger partial charge in [-0.3, -0.25) is 19.0 Å². The molecule has 0 spiro atoms. The van der Waals surface area contributed by atoms with Crippen molar-refractivity contribution in [2.24, 2.45) is 5.92 Å². The highest BCUT2D eigenvalue weighted by Gasteiger charge is 2.43. The van der Waals surface area contributed by atoms with E-state index in [1.54, 1.807) is 22.1 Å². The molecule has 2 saturated heterocycles. The molecule has 2 N–H and O–H groups in total. The number of unbranched alkanes of at least 4 members (excludes halogenated alkanes) is 1. The van der Waals surface area contributed by atoms with E-state index < -0.39 is 23.6 Å². The number of likely N-dealkylation sites (tertiary alicyclic amines) is 2. The summed E-state index contributed by atoms with van der Waals surface area (Å²) in [7, 11) is 0. The number of aliphatic hydroxyl groups excluding tert-OH is 1. The largest absolute Gasteiger partial charge is 0.391 e. The smallest absolute Gasteiger partial charge is 0.282 e. The van der Waals surface area contributed by atoms with E-state index in [9.17, 15) is 19.5 Å². The third-order valence-corrected chi connectivity index (χ3v) is 15.2. The molecule has 6 heterocycles. The van der Waals surface area contributed by atoms with Crippen molar-refractivity contribution < 1.29 is 14.7 Å². The third-order valence-electron chi connectivity index (χ3n) is 13.9. The molecule has 6 aromatic rings. The van der Waals surface area contributed by atoms with Gasteiger partial charge in [0.15, 0.2) is 0 Å². The summed E-state index contributed by atoms with van der Waals surface area (Å²) in [6, 6.07) is 18.7. The second kappa shape index (κ2) is 18.2. The van der Waals surface area contributed by atoms with E-state index in [4.69, 9.17) is 11.6 Å². The van der Waals surface area contributed by atoms with Gasteiger partial charge < -0.3 is 20.2 Å². The van der Waals surface area contributed by atoms with Crippen molar-refractivity contribution in [3.05, 3.63) is 122 Å². The van der Waals surface area contributed by atoms with Gasteiger partial charge in [-0.15, -0.1) is 16.4 Å². The van der Waals surface area contributed by atoms with Crippen LogP contribution >= 0.6 is 22.9 Å². The maximum atomic E-state index is 14.3. The molecule has 3 aromatic carbocycles. The summed E-state index contributed by atoms with van der Waals surface area (Å²) in [4.78, 5) is 55.2. The number of nitrogens with zero attached hydrogens (tertiary/aromatic N) is 8. The van der Waals surface area contributed by atoms with Gasteiger partial charge in [-0.2, -0.15) is 4.98 Å². The van der Waals surface area contributed by atoms with Gasteiger partial charge in [0.05, 0.1) is 60.9 Å². The number of thiazole rings is 1. The molecule has 13 nitrogen and oxygen atoms in total. The van der Waals surface area contributed by atoms with Crippen LogP contribution in [0.5, 0.6) is 0 Å². The number of hydrogen-bond donors (Lipinski definition) is 2. The SMILES string of the molecule is Cc1ncsc1-c1ccc([C@H](C)NC(=O)[C@@H]2C[C@@H](O)CN2C(=O)[C@H](C(C)C)n2cc(CCCCN3CCC(c4ccc5c(c4)-n4c(nc(=O)c6c(Cl)cccc64)C5(C)C)CC3)nn2)cc1. The Morgan fingerprint density at radius 1 is 1.03 bits per heavy atom. The maximum absolute atomic E-state index is 14.3. The number of nitrogens with one attached hydrogen (secondary N) is 1. The van der Waals surface area contributed by atoms with Gasteiger partial charge >= 0.3 is 0 Å². The molecule has 3 aliphatic rings. The number of fused-ring (bicyclic) bond motifs is 5. The molecule has 15 heteroatoms. The van der Waals surface area contributed by atoms with Crippen LogP contribution in [0.15, 0.2) is 77.2 Å². The van der Waals surface area contributed by atoms with Crippen LogP contribution < -0.4 is 10.9 Å². The Kier molecular flexibility index (Phi) is 12.6. The van der Waals surface area contributed by atoms with Crippen molar-refractivity contribution in [1.82, 2.24) is 44.6 Å². The zero-order valence-corrected chi connectivity index (χ0v) is 39.6. The van der Waals surface area contributed by atoms with Crippen LogP contribution in [0, 0.1) is 12.8 Å². The van der Waals surface area contributed by atoms with Gasteiger partial charge in [0.1, 0.15) is 17.9 Å². The van der Waals surface area contributed by atoms with Crippen LogP contribution in [0.1, 0.15) is 119 Å². The van der Waals surface area contributed by atoms with E-state index in [1.165, 1.54) is 10.5 Å². The molecular weight excluding hydrogens is 858 g/mol. The number of aryl methyl sites for hydroxylation is 2. The van der Waals surface area contributed by atoms with Crippen molar-refractivity contribution in [2.45, 2.75) is 116 Å². The summed E-state index contributed by atoms with van der Waals surface area (Å²) in [6.07, 6.45) is 6.11. The van der Waals surface area contributed by atoms with Crippen molar-refractivity contribution in [2.75, 3.05) is 26.2 Å². The highest BCUT2D eigenvalue weighted by atomic mass is 35.5. The average molecular weight is 917 g/mol. The van der Waals surface area contributed by atoms with Crippen LogP contribution in [0.3, 0.4) is 0 Å². The molecule has 65 heavy (non-hydrogen) atoms. The first-order chi connectivity index (χ1) is 31.2. The molecule has 0 bridgehead atoms. The number of aromatic nitrogens is 6. The molecule has 0 radical (unpaired) electrons. The minimum Gasteiger partial charge on any atom is -0.391 e. The van der Waals surface area contributed by atoms with Crippen LogP contribution in [0.4, 0.5) is 0 Å². The number of β-amino-alcohol motifs (C(OH)–C–C–N with tert-alkyl or cyclic N) is 1. The molecule has 4 atom stereocenters. The maximum Gasteiger partial charge on any atom is 0.282 e. The summed E-state index contributed by atoms with van der Waals surface area (Å²) in [6.45, 7) is 15.3. The number of carbonyl (C=O) groups is 2. The Bertz CT molecular complexity index is 2790. The van der Waals surface area contributed by atoms with Gasteiger partial charge in [-0.05, 0) is 132 Å². The van der Waals surface area contributed by atoms with Gasteiger partial charge in [0, 0.05) is 19.2 Å². The van der Waals surface area contributed by atoms with Crippen LogP contribution in [-0.4, -0.2) is 94.6 Å². The molecule has 9 rings (SSSR count). The summed E-state index contributed by atoms with van der Waals surface area (Å²) in [5.74, 6) is 0.542. The Labute approximate surface area is 388 Å². The molecule has 0 saturated carbocycles. The van der Waals surface area contributed by atoms with E-state index >= 15 is 0 Å². The van der Waals surface area contributed by atoms with Crippen molar-refractivity contribution >= 4 is 45.7 Å². The van der Waals surface area contributed by atoms with Gasteiger partial charge in [-0.1, -0.05) is 73.1 Å². The number of halogens is 1. The number of piperidine rings is 1. The fourth-order valence-corrected chi connectivity index (χ4v) is 11.4. The minimum atomic E-state index is -0.796. The average Bonchev–Trinajstić information content (AvgIpc) is 4.08. The molecule has 3 aliphatic heterocycles. The minimum absolute atomic E-state index is 0.0878. The molecule has 0 unspecified atom stereocenters. The fourth-order valence-electron chi connectivity index (χ4n) is 10.3. The van der Waals surface area contributed by atoms with E-state index in [0.29, 0.717) is 16.3 Å². The predicted octanol–water partition coefficient (Wildman–Crippen LogP) is 7.94. The Morgan fingerprint density at radius 3 is 2.52 bits per heavy atom. The molecule has 2 fully saturated rings. The first-order valence-corrected chi connectivity index (χ1v) is 24.2. The molecule has 3 aromatic heterocycles. The standard InChI is InChI=1S/C50H58ClN9O4S/c1-29(2)44(48(64)58-27-37(61)25-42(58)46(62)53-30(3)32-13-15-34(16-14-32)45-31(4)52-28-65-45)59-26-36(55-56-59)10-7-8-21-57-22-19-33(20-23-57)35-17-18-38-41(24-35)60-40-12-9-11-39(51)43(40)47(63)54-49(60)50(38,5)6/h9,11-18,24,26,28-30,33,37,42,44,61H,7-8,10,19-23,25,27H2,1-6H3,(H,53,62)/t30-,37+,42-,44-/m0/s1. The lowest BCUT2D eigenvalue weighted by atomic mass is 9.83. The summed E-state index contributed by atoms with van der Waals surface area (Å²) >= 11 is 8.12. The van der Waals surface area contributed by atoms with Gasteiger partial charge in [-0.25, -0.2) is 9.67 Å². The number of aliphatic hydroxyl groups is 1. The molecule has 2 amide bonds. The quantitative estimate of drug-likeness (QED) is 0.110. The lowest BCUT2D eigenvalue weighted by Crippen LogP contribution is -2.49. The van der Waals surface area contributed by atoms with Crippen LogP contribution in [0.25, 0.3) is 27.0 Å². The lowest BCUT2D eigenvalue weighted by Gasteiger charge is -2.32. The van der Waals surface area contributed by atoms with Crippen LogP contribution in [-0.2, 0) is 21.4 Å². The van der Waals surface area contributed by atoms with Crippen molar-refractivity contribution in [1.29, 1.82) is 0 Å². The first kappa shape index (κ1) is 44.9. The predicted molar refractivity (Wildman–Crippen MR) is 255 cm³/mol. The lowest BCUT2D eigenvalue weighted by molar-refractivity contribution is -0.142. The fraction of sp³-hybridized carbons (Fsp3) is 0.460. The Morgan fingerprint density at radius 2 is 1.80 bits per heavy atom. The Balaban J connectivity index is 0.773. The van der Waals surface area contributed by atoms with Gasteiger partial charge in [0.2, 0.25) is 11.8 Å². The first-order valence-electron chi connectivity index (χ1n) is 23.0. The zero-order chi connectivity index (χ0) is 45.7. The number of hydrogen-bond acceptors (Lipinski definition) is 10.